The maximum atomic E-state index is 12.1. The molecule has 0 aliphatic heterocycles. The number of aryl methyl sites for hydroxylation is 1. The lowest BCUT2D eigenvalue weighted by Crippen LogP contribution is -2.31. The van der Waals surface area contributed by atoms with Crippen LogP contribution in [0.1, 0.15) is 30.8 Å². The molecule has 0 fully saturated rings. The number of aromatic nitrogens is 2. The van der Waals surface area contributed by atoms with Crippen LogP contribution in [0.4, 0.5) is 0 Å². The third kappa shape index (κ3) is 5.58. The number of nitrogens with one attached hydrogen (secondary N) is 2. The Bertz CT molecular complexity index is 1150. The SMILES string of the molecule is C[C@@H](NC(=O)COC(=O)CCc1nc2ccccc2c(=O)[nH]1)c1ccc(Cl)cc1Cl. The quantitative estimate of drug-likeness (QED) is 0.538. The van der Waals surface area contributed by atoms with E-state index in [2.05, 4.69) is 15.3 Å². The molecule has 0 unspecified atom stereocenters. The van der Waals surface area contributed by atoms with Crippen LogP contribution in [0, 0.1) is 0 Å². The van der Waals surface area contributed by atoms with E-state index in [1.54, 1.807) is 49.4 Å². The summed E-state index contributed by atoms with van der Waals surface area (Å²) in [4.78, 5) is 43.0. The van der Waals surface area contributed by atoms with E-state index in [4.69, 9.17) is 27.9 Å². The van der Waals surface area contributed by atoms with Crippen LogP contribution in [0.5, 0.6) is 0 Å². The van der Waals surface area contributed by atoms with Gasteiger partial charge in [-0.2, -0.15) is 0 Å². The summed E-state index contributed by atoms with van der Waals surface area (Å²) in [6, 6.07) is 11.5. The summed E-state index contributed by atoms with van der Waals surface area (Å²) in [5.41, 5.74) is 0.990. The van der Waals surface area contributed by atoms with Gasteiger partial charge in [0.2, 0.25) is 0 Å². The maximum absolute atomic E-state index is 12.1. The van der Waals surface area contributed by atoms with Gasteiger partial charge in [-0.05, 0) is 36.8 Å². The van der Waals surface area contributed by atoms with Gasteiger partial charge in [0.15, 0.2) is 6.61 Å². The molecule has 0 saturated heterocycles. The number of ether oxygens (including phenoxy) is 1. The normalized spacial score (nSPS) is 11.8. The van der Waals surface area contributed by atoms with Crippen LogP contribution in [-0.2, 0) is 20.7 Å². The number of carbonyl (C=O) groups is 2. The second-order valence-electron chi connectivity index (χ2n) is 6.65. The van der Waals surface area contributed by atoms with Crippen LogP contribution in [0.15, 0.2) is 47.3 Å². The number of halogens is 2. The van der Waals surface area contributed by atoms with Gasteiger partial charge in [-0.3, -0.25) is 14.4 Å². The number of fused-ring (bicyclic) bond motifs is 1. The van der Waals surface area contributed by atoms with Crippen LogP contribution < -0.4 is 10.9 Å². The topological polar surface area (TPSA) is 101 Å². The fraction of sp³-hybridized carbons (Fsp3) is 0.238. The van der Waals surface area contributed by atoms with Crippen LogP contribution in [0.25, 0.3) is 10.9 Å². The molecule has 2 aromatic carbocycles. The van der Waals surface area contributed by atoms with Crippen molar-refractivity contribution in [2.75, 3.05) is 6.61 Å². The third-order valence-electron chi connectivity index (χ3n) is 4.40. The highest BCUT2D eigenvalue weighted by molar-refractivity contribution is 6.35. The van der Waals surface area contributed by atoms with Crippen LogP contribution >= 0.6 is 23.2 Å². The summed E-state index contributed by atoms with van der Waals surface area (Å²) in [7, 11) is 0. The number of benzene rings is 2. The van der Waals surface area contributed by atoms with E-state index in [1.807, 2.05) is 0 Å². The lowest BCUT2D eigenvalue weighted by atomic mass is 10.1. The van der Waals surface area contributed by atoms with E-state index in [0.29, 0.717) is 32.3 Å². The van der Waals surface area contributed by atoms with Crippen molar-refractivity contribution in [3.05, 3.63) is 74.3 Å². The zero-order valence-electron chi connectivity index (χ0n) is 16.1. The second kappa shape index (κ2) is 9.73. The molecule has 1 amide bonds. The van der Waals surface area contributed by atoms with Gasteiger partial charge in [-0.15, -0.1) is 0 Å². The average Bonchev–Trinajstić information content (AvgIpc) is 2.70. The molecule has 1 atom stereocenters. The number of amides is 1. The van der Waals surface area contributed by atoms with Gasteiger partial charge in [-0.1, -0.05) is 41.4 Å². The Morgan fingerprint density at radius 3 is 2.73 bits per heavy atom. The number of H-pyrrole nitrogens is 1. The predicted octanol–water partition coefficient (Wildman–Crippen LogP) is 3.58. The number of esters is 1. The van der Waals surface area contributed by atoms with Crippen molar-refractivity contribution < 1.29 is 14.3 Å². The Morgan fingerprint density at radius 1 is 1.20 bits per heavy atom. The largest absolute Gasteiger partial charge is 0.456 e. The van der Waals surface area contributed by atoms with Crippen molar-refractivity contribution in [1.29, 1.82) is 0 Å². The molecule has 0 saturated carbocycles. The van der Waals surface area contributed by atoms with E-state index in [0.717, 1.165) is 0 Å². The fourth-order valence-electron chi connectivity index (χ4n) is 2.91. The molecule has 3 rings (SSSR count). The van der Waals surface area contributed by atoms with Gasteiger partial charge < -0.3 is 15.0 Å². The van der Waals surface area contributed by atoms with Crippen molar-refractivity contribution in [3.63, 3.8) is 0 Å². The Kier molecular flexibility index (Phi) is 7.07. The molecule has 0 aliphatic rings. The number of nitrogens with zero attached hydrogens (tertiary/aromatic N) is 1. The number of aromatic amines is 1. The molecule has 2 N–H and O–H groups in total. The molecular formula is C21H19Cl2N3O4. The summed E-state index contributed by atoms with van der Waals surface area (Å²) in [5, 5.41) is 4.12. The Hall–Kier alpha value is -2.90. The smallest absolute Gasteiger partial charge is 0.306 e. The molecule has 156 valence electrons. The van der Waals surface area contributed by atoms with Gasteiger partial charge in [0.25, 0.3) is 11.5 Å². The number of rotatable bonds is 7. The first-order chi connectivity index (χ1) is 14.3. The van der Waals surface area contributed by atoms with Gasteiger partial charge in [0.1, 0.15) is 5.82 Å². The van der Waals surface area contributed by atoms with Crippen molar-refractivity contribution in [1.82, 2.24) is 15.3 Å². The predicted molar refractivity (Wildman–Crippen MR) is 115 cm³/mol. The molecule has 9 heteroatoms. The van der Waals surface area contributed by atoms with Gasteiger partial charge in [-0.25, -0.2) is 4.98 Å². The van der Waals surface area contributed by atoms with E-state index in [-0.39, 0.29) is 24.4 Å². The van der Waals surface area contributed by atoms with Gasteiger partial charge in [0.05, 0.1) is 23.4 Å². The maximum Gasteiger partial charge on any atom is 0.306 e. The highest BCUT2D eigenvalue weighted by Gasteiger charge is 2.15. The summed E-state index contributed by atoms with van der Waals surface area (Å²) in [6.45, 7) is 1.34. The molecule has 1 aromatic heterocycles. The molecule has 1 heterocycles. The van der Waals surface area contributed by atoms with Crippen LogP contribution in [0.3, 0.4) is 0 Å². The molecule has 0 bridgehead atoms. The minimum absolute atomic E-state index is 0.0207. The summed E-state index contributed by atoms with van der Waals surface area (Å²) in [5.74, 6) is -0.650. The summed E-state index contributed by atoms with van der Waals surface area (Å²) >= 11 is 12.0. The van der Waals surface area contributed by atoms with E-state index >= 15 is 0 Å². The van der Waals surface area contributed by atoms with E-state index in [9.17, 15) is 14.4 Å². The van der Waals surface area contributed by atoms with E-state index in [1.165, 1.54) is 0 Å². The number of hydrogen-bond acceptors (Lipinski definition) is 5. The Balaban J connectivity index is 1.48. The second-order valence-corrected chi connectivity index (χ2v) is 7.49. The first-order valence-corrected chi connectivity index (χ1v) is 9.97. The Morgan fingerprint density at radius 2 is 1.97 bits per heavy atom. The molecule has 7 nitrogen and oxygen atoms in total. The number of hydrogen-bond donors (Lipinski definition) is 2. The number of carbonyl (C=O) groups excluding carboxylic acids is 2. The zero-order chi connectivity index (χ0) is 21.7. The lowest BCUT2D eigenvalue weighted by molar-refractivity contribution is -0.148. The van der Waals surface area contributed by atoms with Gasteiger partial charge in [0, 0.05) is 16.5 Å². The van der Waals surface area contributed by atoms with Crippen molar-refractivity contribution in [2.24, 2.45) is 0 Å². The van der Waals surface area contributed by atoms with E-state index < -0.39 is 18.5 Å². The van der Waals surface area contributed by atoms with Crippen LogP contribution in [0.2, 0.25) is 10.0 Å². The first-order valence-electron chi connectivity index (χ1n) is 9.21. The zero-order valence-corrected chi connectivity index (χ0v) is 17.6. The lowest BCUT2D eigenvalue weighted by Gasteiger charge is -2.16. The highest BCUT2D eigenvalue weighted by atomic mass is 35.5. The first kappa shape index (κ1) is 21.8. The minimum atomic E-state index is -0.571. The molecule has 0 aliphatic carbocycles. The van der Waals surface area contributed by atoms with Gasteiger partial charge >= 0.3 is 5.97 Å². The molecule has 30 heavy (non-hydrogen) atoms. The highest BCUT2D eigenvalue weighted by Crippen LogP contribution is 2.26. The fourth-order valence-corrected chi connectivity index (χ4v) is 3.48. The third-order valence-corrected chi connectivity index (χ3v) is 4.96. The van der Waals surface area contributed by atoms with Crippen LogP contribution in [-0.4, -0.2) is 28.5 Å². The molecule has 3 aromatic rings. The minimum Gasteiger partial charge on any atom is -0.456 e. The average molecular weight is 448 g/mol. The number of para-hydroxylation sites is 1. The molecule has 0 radical (unpaired) electrons. The summed E-state index contributed by atoms with van der Waals surface area (Å²) < 4.78 is 5.00. The van der Waals surface area contributed by atoms with Crippen molar-refractivity contribution in [3.8, 4) is 0 Å². The Labute approximate surface area is 182 Å². The van der Waals surface area contributed by atoms with Crippen molar-refractivity contribution in [2.45, 2.75) is 25.8 Å². The standard InChI is InChI=1S/C21H19Cl2N3O4/c1-12(14-7-6-13(22)10-16(14)23)24-19(27)11-30-20(28)9-8-18-25-17-5-3-2-4-15(17)21(29)26-18/h2-7,10,12H,8-9,11H2,1H3,(H,24,27)(H,25,26,29)/t12-/m1/s1. The monoisotopic (exact) mass is 447 g/mol. The van der Waals surface area contributed by atoms with Crippen molar-refractivity contribution >= 4 is 46.0 Å². The molecule has 0 spiro atoms. The molecular weight excluding hydrogens is 429 g/mol. The summed E-state index contributed by atoms with van der Waals surface area (Å²) in [6.07, 6.45) is 0.171.